The molecule has 0 aromatic carbocycles. The van der Waals surface area contributed by atoms with E-state index in [1.54, 1.807) is 11.3 Å². The molecule has 0 bridgehead atoms. The molecule has 1 aliphatic rings. The van der Waals surface area contributed by atoms with Gasteiger partial charge < -0.3 is 5.32 Å². The Bertz CT molecular complexity index is 302. The van der Waals surface area contributed by atoms with Crippen molar-refractivity contribution in [3.63, 3.8) is 0 Å². The topological polar surface area (TPSA) is 24.9 Å². The summed E-state index contributed by atoms with van der Waals surface area (Å²) in [5.74, 6) is 0.894. The Morgan fingerprint density at radius 3 is 2.87 bits per heavy atom. The number of nitrogens with one attached hydrogen (secondary N) is 1. The molecule has 1 atom stereocenters. The first kappa shape index (κ1) is 11.1. The SMILES string of the molecule is Cc1csc(CNC(C)C2CCCC2)n1. The smallest absolute Gasteiger partial charge is 0.107 e. The fourth-order valence-corrected chi connectivity index (χ4v) is 3.08. The van der Waals surface area contributed by atoms with Gasteiger partial charge >= 0.3 is 0 Å². The van der Waals surface area contributed by atoms with E-state index in [2.05, 4.69) is 29.5 Å². The van der Waals surface area contributed by atoms with Gasteiger partial charge in [-0.05, 0) is 32.6 Å². The van der Waals surface area contributed by atoms with Crippen molar-refractivity contribution >= 4 is 11.3 Å². The second-order valence-corrected chi connectivity index (χ2v) is 5.54. The van der Waals surface area contributed by atoms with E-state index >= 15 is 0 Å². The van der Waals surface area contributed by atoms with Crippen LogP contribution in [0, 0.1) is 12.8 Å². The summed E-state index contributed by atoms with van der Waals surface area (Å²) in [6.07, 6.45) is 5.66. The first-order valence-corrected chi connectivity index (χ1v) is 6.78. The van der Waals surface area contributed by atoms with Crippen LogP contribution < -0.4 is 5.32 Å². The number of nitrogens with zero attached hydrogens (tertiary/aromatic N) is 1. The van der Waals surface area contributed by atoms with E-state index in [1.807, 2.05) is 0 Å². The molecule has 1 aromatic rings. The normalized spacial score (nSPS) is 19.6. The summed E-state index contributed by atoms with van der Waals surface area (Å²) in [5.41, 5.74) is 1.14. The number of hydrogen-bond acceptors (Lipinski definition) is 3. The molecule has 0 amide bonds. The quantitative estimate of drug-likeness (QED) is 0.850. The summed E-state index contributed by atoms with van der Waals surface area (Å²) < 4.78 is 0. The van der Waals surface area contributed by atoms with Crippen LogP contribution in [-0.2, 0) is 6.54 Å². The van der Waals surface area contributed by atoms with Crippen LogP contribution in [0.3, 0.4) is 0 Å². The van der Waals surface area contributed by atoms with Crippen LogP contribution in [0.25, 0.3) is 0 Å². The van der Waals surface area contributed by atoms with E-state index in [0.717, 1.165) is 18.2 Å². The standard InChI is InChI=1S/C12H20N2S/c1-9-8-15-12(14-9)7-13-10(2)11-5-3-4-6-11/h8,10-11,13H,3-7H2,1-2H3. The Balaban J connectivity index is 1.77. The van der Waals surface area contributed by atoms with E-state index in [9.17, 15) is 0 Å². The van der Waals surface area contributed by atoms with Crippen LogP contribution in [0.2, 0.25) is 0 Å². The van der Waals surface area contributed by atoms with Gasteiger partial charge in [-0.25, -0.2) is 4.98 Å². The molecule has 1 N–H and O–H groups in total. The zero-order valence-electron chi connectivity index (χ0n) is 9.62. The summed E-state index contributed by atoms with van der Waals surface area (Å²) in [6, 6.07) is 0.650. The van der Waals surface area contributed by atoms with Gasteiger partial charge in [-0.15, -0.1) is 11.3 Å². The second-order valence-electron chi connectivity index (χ2n) is 4.60. The van der Waals surface area contributed by atoms with Gasteiger partial charge in [-0.3, -0.25) is 0 Å². The molecule has 0 spiro atoms. The zero-order chi connectivity index (χ0) is 10.7. The van der Waals surface area contributed by atoms with Gasteiger partial charge in [0.1, 0.15) is 5.01 Å². The lowest BCUT2D eigenvalue weighted by molar-refractivity contribution is 0.380. The van der Waals surface area contributed by atoms with Crippen molar-refractivity contribution < 1.29 is 0 Å². The maximum absolute atomic E-state index is 4.47. The maximum Gasteiger partial charge on any atom is 0.107 e. The number of aromatic nitrogens is 1. The van der Waals surface area contributed by atoms with Gasteiger partial charge in [-0.1, -0.05) is 12.8 Å². The molecule has 15 heavy (non-hydrogen) atoms. The summed E-state index contributed by atoms with van der Waals surface area (Å²) in [6.45, 7) is 5.31. The molecule has 1 aromatic heterocycles. The molecule has 84 valence electrons. The van der Waals surface area contributed by atoms with Gasteiger partial charge in [0.25, 0.3) is 0 Å². The molecule has 1 heterocycles. The molecule has 2 nitrogen and oxygen atoms in total. The molecule has 0 radical (unpaired) electrons. The lowest BCUT2D eigenvalue weighted by Crippen LogP contribution is -2.31. The molecule has 1 saturated carbocycles. The lowest BCUT2D eigenvalue weighted by atomic mass is 10.00. The minimum Gasteiger partial charge on any atom is -0.308 e. The summed E-state index contributed by atoms with van der Waals surface area (Å²) in [5, 5.41) is 6.94. The van der Waals surface area contributed by atoms with Crippen LogP contribution in [0.5, 0.6) is 0 Å². The first-order valence-electron chi connectivity index (χ1n) is 5.90. The molecule has 0 aliphatic heterocycles. The summed E-state index contributed by atoms with van der Waals surface area (Å²) in [7, 11) is 0. The molecular formula is C12H20N2S. The van der Waals surface area contributed by atoms with E-state index < -0.39 is 0 Å². The number of thiazole rings is 1. The highest BCUT2D eigenvalue weighted by Gasteiger charge is 2.20. The third kappa shape index (κ3) is 3.02. The van der Waals surface area contributed by atoms with E-state index in [-0.39, 0.29) is 0 Å². The van der Waals surface area contributed by atoms with Crippen LogP contribution in [-0.4, -0.2) is 11.0 Å². The van der Waals surface area contributed by atoms with Crippen molar-refractivity contribution in [2.24, 2.45) is 5.92 Å². The van der Waals surface area contributed by atoms with Crippen LogP contribution in [0.1, 0.15) is 43.3 Å². The fraction of sp³-hybridized carbons (Fsp3) is 0.750. The summed E-state index contributed by atoms with van der Waals surface area (Å²) in [4.78, 5) is 4.47. The van der Waals surface area contributed by atoms with Crippen molar-refractivity contribution in [1.29, 1.82) is 0 Å². The van der Waals surface area contributed by atoms with Gasteiger partial charge in [0, 0.05) is 23.7 Å². The van der Waals surface area contributed by atoms with E-state index in [1.165, 1.54) is 30.7 Å². The minimum atomic E-state index is 0.650. The highest BCUT2D eigenvalue weighted by molar-refractivity contribution is 7.09. The van der Waals surface area contributed by atoms with Crippen molar-refractivity contribution in [2.45, 2.75) is 52.1 Å². The Kier molecular flexibility index (Phi) is 3.76. The van der Waals surface area contributed by atoms with Gasteiger partial charge in [-0.2, -0.15) is 0 Å². The monoisotopic (exact) mass is 224 g/mol. The first-order chi connectivity index (χ1) is 7.25. The third-order valence-electron chi connectivity index (χ3n) is 3.35. The molecular weight excluding hydrogens is 204 g/mol. The van der Waals surface area contributed by atoms with Gasteiger partial charge in [0.15, 0.2) is 0 Å². The average Bonchev–Trinajstić information content (AvgIpc) is 2.84. The average molecular weight is 224 g/mol. The van der Waals surface area contributed by atoms with Crippen molar-refractivity contribution in [2.75, 3.05) is 0 Å². The van der Waals surface area contributed by atoms with E-state index in [4.69, 9.17) is 0 Å². The number of rotatable bonds is 4. The van der Waals surface area contributed by atoms with Gasteiger partial charge in [0.05, 0.1) is 0 Å². The van der Waals surface area contributed by atoms with Crippen LogP contribution in [0.4, 0.5) is 0 Å². The molecule has 2 rings (SSSR count). The Labute approximate surface area is 96.1 Å². The predicted molar refractivity (Wildman–Crippen MR) is 65.1 cm³/mol. The molecule has 3 heteroatoms. The Morgan fingerprint density at radius 2 is 2.27 bits per heavy atom. The number of hydrogen-bond donors (Lipinski definition) is 1. The molecule has 1 fully saturated rings. The van der Waals surface area contributed by atoms with Crippen LogP contribution >= 0.6 is 11.3 Å². The third-order valence-corrected chi connectivity index (χ3v) is 4.32. The van der Waals surface area contributed by atoms with E-state index in [0.29, 0.717) is 6.04 Å². The molecule has 0 saturated heterocycles. The van der Waals surface area contributed by atoms with Crippen LogP contribution in [0.15, 0.2) is 5.38 Å². The number of aryl methyl sites for hydroxylation is 1. The zero-order valence-corrected chi connectivity index (χ0v) is 10.4. The minimum absolute atomic E-state index is 0.650. The highest BCUT2D eigenvalue weighted by atomic mass is 32.1. The maximum atomic E-state index is 4.47. The summed E-state index contributed by atoms with van der Waals surface area (Å²) >= 11 is 1.76. The second kappa shape index (κ2) is 5.08. The largest absolute Gasteiger partial charge is 0.308 e. The molecule has 1 unspecified atom stereocenters. The highest BCUT2D eigenvalue weighted by Crippen LogP contribution is 2.27. The predicted octanol–water partition coefficient (Wildman–Crippen LogP) is 3.12. The Morgan fingerprint density at radius 1 is 1.53 bits per heavy atom. The van der Waals surface area contributed by atoms with Crippen molar-refractivity contribution in [3.05, 3.63) is 16.1 Å². The lowest BCUT2D eigenvalue weighted by Gasteiger charge is -2.19. The molecule has 1 aliphatic carbocycles. The Hall–Kier alpha value is -0.410. The van der Waals surface area contributed by atoms with Crippen molar-refractivity contribution in [1.82, 2.24) is 10.3 Å². The fourth-order valence-electron chi connectivity index (χ4n) is 2.36. The van der Waals surface area contributed by atoms with Crippen molar-refractivity contribution in [3.8, 4) is 0 Å². The van der Waals surface area contributed by atoms with Gasteiger partial charge in [0.2, 0.25) is 0 Å².